The van der Waals surface area contributed by atoms with E-state index < -0.39 is 0 Å². The number of carbonyl (C=O) groups excluding carboxylic acids is 1. The van der Waals surface area contributed by atoms with Crippen molar-refractivity contribution in [3.05, 3.63) is 22.3 Å². The number of hydrogen-bond donors (Lipinski definition) is 2. The summed E-state index contributed by atoms with van der Waals surface area (Å²) in [5, 5.41) is 14.7. The number of nitrogens with zero attached hydrogens (tertiary/aromatic N) is 5. The molecule has 3 aromatic rings. The monoisotopic (exact) mass is 421 g/mol. The van der Waals surface area contributed by atoms with E-state index in [2.05, 4.69) is 37.6 Å². The number of aryl methyl sites for hydroxylation is 1. The van der Waals surface area contributed by atoms with E-state index >= 15 is 0 Å². The predicted molar refractivity (Wildman–Crippen MR) is 111 cm³/mol. The van der Waals surface area contributed by atoms with E-state index in [4.69, 9.17) is 4.74 Å². The molecule has 0 aliphatic heterocycles. The Balaban J connectivity index is 1.72. The second kappa shape index (κ2) is 9.80. The molecule has 3 aromatic heterocycles. The Morgan fingerprint density at radius 2 is 2.18 bits per heavy atom. The van der Waals surface area contributed by atoms with E-state index in [1.54, 1.807) is 35.1 Å². The molecule has 0 bridgehead atoms. The van der Waals surface area contributed by atoms with Crippen LogP contribution in [0.3, 0.4) is 0 Å². The number of anilines is 1. The summed E-state index contributed by atoms with van der Waals surface area (Å²) in [7, 11) is 1.66. The minimum Gasteiger partial charge on any atom is -0.383 e. The zero-order valence-corrected chi connectivity index (χ0v) is 17.7. The number of amides is 1. The molecule has 9 nitrogen and oxygen atoms in total. The van der Waals surface area contributed by atoms with Crippen molar-refractivity contribution in [2.24, 2.45) is 0 Å². The summed E-state index contributed by atoms with van der Waals surface area (Å²) in [6.45, 7) is 6.09. The van der Waals surface area contributed by atoms with Crippen molar-refractivity contribution in [1.82, 2.24) is 30.0 Å². The molecule has 0 saturated carbocycles. The highest BCUT2D eigenvalue weighted by atomic mass is 32.2. The number of rotatable bonds is 10. The van der Waals surface area contributed by atoms with Gasteiger partial charge in [0.15, 0.2) is 10.8 Å². The summed E-state index contributed by atoms with van der Waals surface area (Å²) in [6.07, 6.45) is 1.75. The molecule has 3 heterocycles. The number of aromatic nitrogens is 5. The molecule has 0 fully saturated rings. The van der Waals surface area contributed by atoms with E-state index in [-0.39, 0.29) is 5.91 Å². The Morgan fingerprint density at radius 3 is 2.89 bits per heavy atom. The Kier molecular flexibility index (Phi) is 7.18. The fourth-order valence-electron chi connectivity index (χ4n) is 2.53. The summed E-state index contributed by atoms with van der Waals surface area (Å²) in [5.41, 5.74) is 1.19. The van der Waals surface area contributed by atoms with Crippen LogP contribution in [0.25, 0.3) is 11.0 Å². The zero-order valence-electron chi connectivity index (χ0n) is 16.1. The third-order valence-corrected chi connectivity index (χ3v) is 5.31. The lowest BCUT2D eigenvalue weighted by molar-refractivity contribution is 0.0947. The summed E-state index contributed by atoms with van der Waals surface area (Å²) in [6, 6.07) is 0. The van der Waals surface area contributed by atoms with Gasteiger partial charge in [0, 0.05) is 25.6 Å². The highest BCUT2D eigenvalue weighted by Gasteiger charge is 2.14. The molecule has 0 aromatic carbocycles. The van der Waals surface area contributed by atoms with Crippen molar-refractivity contribution in [3.8, 4) is 0 Å². The normalized spacial score (nSPS) is 11.1. The summed E-state index contributed by atoms with van der Waals surface area (Å²) >= 11 is 3.03. The fraction of sp³-hybridized carbons (Fsp3) is 0.471. The van der Waals surface area contributed by atoms with Crippen molar-refractivity contribution in [1.29, 1.82) is 0 Å². The first-order valence-electron chi connectivity index (χ1n) is 8.91. The van der Waals surface area contributed by atoms with Gasteiger partial charge in [0.2, 0.25) is 0 Å². The van der Waals surface area contributed by atoms with Gasteiger partial charge in [-0.15, -0.1) is 11.3 Å². The molecule has 3 rings (SSSR count). The average Bonchev–Trinajstić information content (AvgIpc) is 3.29. The highest BCUT2D eigenvalue weighted by Crippen LogP contribution is 2.24. The molecule has 150 valence electrons. The Bertz CT molecular complexity index is 941. The SMILES string of the molecule is CCSc1nc(NCCOC)c2cnn(CCNC(=O)c3csc(C)n3)c2n1. The lowest BCUT2D eigenvalue weighted by Crippen LogP contribution is -2.27. The smallest absolute Gasteiger partial charge is 0.270 e. The van der Waals surface area contributed by atoms with Gasteiger partial charge in [-0.25, -0.2) is 19.6 Å². The number of fused-ring (bicyclic) bond motifs is 1. The number of thioether (sulfide) groups is 1. The molecule has 0 aliphatic rings. The van der Waals surface area contributed by atoms with E-state index in [1.807, 2.05) is 6.92 Å². The van der Waals surface area contributed by atoms with Crippen LogP contribution in [0.15, 0.2) is 16.7 Å². The third-order valence-electron chi connectivity index (χ3n) is 3.81. The topological polar surface area (TPSA) is 107 Å². The number of methoxy groups -OCH3 is 1. The van der Waals surface area contributed by atoms with Crippen molar-refractivity contribution < 1.29 is 9.53 Å². The van der Waals surface area contributed by atoms with Crippen LogP contribution in [0.1, 0.15) is 22.4 Å². The largest absolute Gasteiger partial charge is 0.383 e. The Hall–Kier alpha value is -2.24. The number of ether oxygens (including phenoxy) is 1. The molecule has 1 amide bonds. The van der Waals surface area contributed by atoms with Crippen LogP contribution in [0.4, 0.5) is 5.82 Å². The number of hydrogen-bond acceptors (Lipinski definition) is 9. The van der Waals surface area contributed by atoms with Gasteiger partial charge in [-0.3, -0.25) is 4.79 Å². The molecule has 11 heteroatoms. The van der Waals surface area contributed by atoms with E-state index in [9.17, 15) is 4.79 Å². The first-order chi connectivity index (χ1) is 13.6. The van der Waals surface area contributed by atoms with Crippen LogP contribution >= 0.6 is 23.1 Å². The van der Waals surface area contributed by atoms with Crippen molar-refractivity contribution in [2.45, 2.75) is 25.5 Å². The minimum absolute atomic E-state index is 0.181. The maximum Gasteiger partial charge on any atom is 0.270 e. The predicted octanol–water partition coefficient (Wildman–Crippen LogP) is 2.19. The van der Waals surface area contributed by atoms with Gasteiger partial charge in [0.05, 0.1) is 29.7 Å². The number of thiazole rings is 1. The Morgan fingerprint density at radius 1 is 1.32 bits per heavy atom. The molecular formula is C17H23N7O2S2. The average molecular weight is 422 g/mol. The molecular weight excluding hydrogens is 398 g/mol. The van der Waals surface area contributed by atoms with Gasteiger partial charge in [-0.1, -0.05) is 18.7 Å². The summed E-state index contributed by atoms with van der Waals surface area (Å²) in [4.78, 5) is 25.6. The first-order valence-corrected chi connectivity index (χ1v) is 10.8. The zero-order chi connectivity index (χ0) is 19.9. The standard InChI is InChI=1S/C17H23N7O2S2/c1-4-27-17-22-14(18-6-8-26-3)12-9-20-24(15(12)23-17)7-5-19-16(25)13-10-28-11(2)21-13/h9-10H,4-8H2,1-3H3,(H,19,25)(H,18,22,23). The van der Waals surface area contributed by atoms with Gasteiger partial charge >= 0.3 is 0 Å². The molecule has 0 radical (unpaired) electrons. The summed E-state index contributed by atoms with van der Waals surface area (Å²) < 4.78 is 6.88. The van der Waals surface area contributed by atoms with Gasteiger partial charge in [-0.2, -0.15) is 5.10 Å². The second-order valence-corrected chi connectivity index (χ2v) is 8.11. The van der Waals surface area contributed by atoms with E-state index in [1.165, 1.54) is 11.3 Å². The first kappa shape index (κ1) is 20.5. The molecule has 0 spiro atoms. The van der Waals surface area contributed by atoms with Crippen LogP contribution in [0.5, 0.6) is 0 Å². The third kappa shape index (κ3) is 4.97. The van der Waals surface area contributed by atoms with Gasteiger partial charge in [-0.05, 0) is 12.7 Å². The van der Waals surface area contributed by atoms with Crippen LogP contribution in [0, 0.1) is 6.92 Å². The van der Waals surface area contributed by atoms with E-state index in [0.717, 1.165) is 27.6 Å². The summed E-state index contributed by atoms with van der Waals surface area (Å²) in [5.74, 6) is 1.44. The van der Waals surface area contributed by atoms with Crippen molar-refractivity contribution >= 4 is 45.9 Å². The molecule has 0 unspecified atom stereocenters. The lowest BCUT2D eigenvalue weighted by Gasteiger charge is -2.09. The van der Waals surface area contributed by atoms with Crippen LogP contribution in [-0.2, 0) is 11.3 Å². The lowest BCUT2D eigenvalue weighted by atomic mass is 10.4. The minimum atomic E-state index is -0.181. The molecule has 28 heavy (non-hydrogen) atoms. The fourth-order valence-corrected chi connectivity index (χ4v) is 3.69. The molecule has 2 N–H and O–H groups in total. The van der Waals surface area contributed by atoms with Crippen LogP contribution in [-0.4, -0.2) is 63.2 Å². The van der Waals surface area contributed by atoms with Gasteiger partial charge < -0.3 is 15.4 Å². The van der Waals surface area contributed by atoms with Crippen LogP contribution < -0.4 is 10.6 Å². The van der Waals surface area contributed by atoms with Crippen molar-refractivity contribution in [3.63, 3.8) is 0 Å². The quantitative estimate of drug-likeness (QED) is 0.291. The van der Waals surface area contributed by atoms with Gasteiger partial charge in [0.1, 0.15) is 11.5 Å². The maximum atomic E-state index is 12.1. The molecule has 0 atom stereocenters. The maximum absolute atomic E-state index is 12.1. The second-order valence-electron chi connectivity index (χ2n) is 5.82. The van der Waals surface area contributed by atoms with Gasteiger partial charge in [0.25, 0.3) is 5.91 Å². The van der Waals surface area contributed by atoms with E-state index in [0.29, 0.717) is 37.1 Å². The van der Waals surface area contributed by atoms with Crippen LogP contribution in [0.2, 0.25) is 0 Å². The van der Waals surface area contributed by atoms with Crippen molar-refractivity contribution in [2.75, 3.05) is 37.9 Å². The Labute approximate surface area is 171 Å². The number of nitrogens with one attached hydrogen (secondary N) is 2. The highest BCUT2D eigenvalue weighted by molar-refractivity contribution is 7.99. The number of carbonyl (C=O) groups is 1. The molecule has 0 saturated heterocycles. The molecule has 0 aliphatic carbocycles.